The summed E-state index contributed by atoms with van der Waals surface area (Å²) >= 11 is 0. The number of nitrogens with zero attached hydrogens (tertiary/aromatic N) is 2. The van der Waals surface area contributed by atoms with Crippen LogP contribution in [0.4, 0.5) is 0 Å². The van der Waals surface area contributed by atoms with Crippen LogP contribution in [0.15, 0.2) is 59.1 Å². The van der Waals surface area contributed by atoms with Gasteiger partial charge in [0.25, 0.3) is 0 Å². The molecule has 4 aromatic rings. The monoisotopic (exact) mass is 260 g/mol. The van der Waals surface area contributed by atoms with Crippen molar-refractivity contribution in [1.29, 1.82) is 0 Å². The van der Waals surface area contributed by atoms with E-state index in [1.807, 2.05) is 55.5 Å². The molecule has 3 heteroatoms. The van der Waals surface area contributed by atoms with Gasteiger partial charge in [0.1, 0.15) is 11.1 Å². The van der Waals surface area contributed by atoms with Gasteiger partial charge in [0, 0.05) is 22.8 Å². The largest absolute Gasteiger partial charge is 0.454 e. The lowest BCUT2D eigenvalue weighted by atomic mass is 10.1. The smallest absolute Gasteiger partial charge is 0.153 e. The van der Waals surface area contributed by atoms with Crippen LogP contribution in [0.2, 0.25) is 0 Å². The predicted molar refractivity (Wildman–Crippen MR) is 79.5 cm³/mol. The number of pyridine rings is 2. The van der Waals surface area contributed by atoms with E-state index in [0.717, 1.165) is 39.0 Å². The SMILES string of the molecule is Cc1ccc2oc3c(-c4ccccn4)cccc3c2n1. The average Bonchev–Trinajstić information content (AvgIpc) is 2.86. The van der Waals surface area contributed by atoms with E-state index in [9.17, 15) is 0 Å². The third-order valence-electron chi connectivity index (χ3n) is 3.42. The van der Waals surface area contributed by atoms with Gasteiger partial charge >= 0.3 is 0 Å². The Morgan fingerprint density at radius 2 is 1.90 bits per heavy atom. The van der Waals surface area contributed by atoms with Crippen LogP contribution in [-0.2, 0) is 0 Å². The Bertz CT molecular complexity index is 910. The highest BCUT2D eigenvalue weighted by Gasteiger charge is 2.13. The quantitative estimate of drug-likeness (QED) is 0.510. The molecule has 0 bridgehead atoms. The van der Waals surface area contributed by atoms with E-state index in [1.54, 1.807) is 6.20 Å². The first kappa shape index (κ1) is 11.2. The fourth-order valence-electron chi connectivity index (χ4n) is 2.49. The number of aryl methyl sites for hydroxylation is 1. The first-order chi connectivity index (χ1) is 9.83. The number of benzene rings is 1. The van der Waals surface area contributed by atoms with Gasteiger partial charge in [-0.1, -0.05) is 12.1 Å². The van der Waals surface area contributed by atoms with Crippen LogP contribution in [0.25, 0.3) is 33.3 Å². The van der Waals surface area contributed by atoms with Crippen LogP contribution < -0.4 is 0 Å². The highest BCUT2D eigenvalue weighted by Crippen LogP contribution is 2.33. The minimum atomic E-state index is 0.814. The molecule has 0 fully saturated rings. The van der Waals surface area contributed by atoms with Gasteiger partial charge in [-0.05, 0) is 43.3 Å². The summed E-state index contributed by atoms with van der Waals surface area (Å²) in [6.45, 7) is 1.99. The van der Waals surface area contributed by atoms with Crippen molar-refractivity contribution in [1.82, 2.24) is 9.97 Å². The molecule has 0 N–H and O–H groups in total. The van der Waals surface area contributed by atoms with Crippen LogP contribution in [0.3, 0.4) is 0 Å². The van der Waals surface area contributed by atoms with Gasteiger partial charge in [-0.3, -0.25) is 4.98 Å². The summed E-state index contributed by atoms with van der Waals surface area (Å²) in [4.78, 5) is 8.99. The standard InChI is InChI=1S/C17H12N2O/c1-11-8-9-15-16(19-11)13-6-4-5-12(17(13)20-15)14-7-2-3-10-18-14/h2-10H,1H3. The van der Waals surface area contributed by atoms with Crippen LogP contribution in [0.1, 0.15) is 5.69 Å². The Balaban J connectivity index is 2.11. The van der Waals surface area contributed by atoms with Crippen molar-refractivity contribution in [2.24, 2.45) is 0 Å². The summed E-state index contributed by atoms with van der Waals surface area (Å²) in [5.74, 6) is 0. The van der Waals surface area contributed by atoms with Crippen LogP contribution in [0.5, 0.6) is 0 Å². The van der Waals surface area contributed by atoms with E-state index < -0.39 is 0 Å². The Hall–Kier alpha value is -2.68. The maximum absolute atomic E-state index is 5.99. The minimum absolute atomic E-state index is 0.814. The molecule has 1 aromatic carbocycles. The van der Waals surface area contributed by atoms with Gasteiger partial charge < -0.3 is 4.42 Å². The van der Waals surface area contributed by atoms with Crippen LogP contribution >= 0.6 is 0 Å². The molecule has 0 radical (unpaired) electrons. The molecule has 0 saturated heterocycles. The van der Waals surface area contributed by atoms with Crippen molar-refractivity contribution in [3.8, 4) is 11.3 Å². The van der Waals surface area contributed by atoms with Crippen LogP contribution in [-0.4, -0.2) is 9.97 Å². The van der Waals surface area contributed by atoms with Crippen molar-refractivity contribution < 1.29 is 4.42 Å². The fourth-order valence-corrected chi connectivity index (χ4v) is 2.49. The molecule has 0 aliphatic carbocycles. The molecule has 0 spiro atoms. The van der Waals surface area contributed by atoms with Crippen molar-refractivity contribution in [3.63, 3.8) is 0 Å². The molecule has 96 valence electrons. The van der Waals surface area contributed by atoms with E-state index in [2.05, 4.69) is 9.97 Å². The second kappa shape index (κ2) is 4.17. The second-order valence-electron chi connectivity index (χ2n) is 4.80. The van der Waals surface area contributed by atoms with Gasteiger partial charge in [-0.25, -0.2) is 4.98 Å². The maximum atomic E-state index is 5.99. The van der Waals surface area contributed by atoms with Gasteiger partial charge in [0.2, 0.25) is 0 Å². The lowest BCUT2D eigenvalue weighted by molar-refractivity contribution is 0.669. The molecule has 20 heavy (non-hydrogen) atoms. The number of furan rings is 1. The third-order valence-corrected chi connectivity index (χ3v) is 3.42. The van der Waals surface area contributed by atoms with E-state index in [-0.39, 0.29) is 0 Å². The van der Waals surface area contributed by atoms with Crippen molar-refractivity contribution in [2.75, 3.05) is 0 Å². The molecule has 3 heterocycles. The molecule has 0 unspecified atom stereocenters. The van der Waals surface area contributed by atoms with E-state index in [1.165, 1.54) is 0 Å². The molecule has 0 aliphatic rings. The number of aromatic nitrogens is 2. The normalized spacial score (nSPS) is 11.2. The van der Waals surface area contributed by atoms with Gasteiger partial charge in [0.05, 0.1) is 5.69 Å². The Kier molecular flexibility index (Phi) is 2.33. The predicted octanol–water partition coefficient (Wildman–Crippen LogP) is 4.35. The first-order valence-corrected chi connectivity index (χ1v) is 6.53. The second-order valence-corrected chi connectivity index (χ2v) is 4.80. The highest BCUT2D eigenvalue weighted by molar-refractivity contribution is 6.07. The topological polar surface area (TPSA) is 38.9 Å². The van der Waals surface area contributed by atoms with Crippen LogP contribution in [0, 0.1) is 6.92 Å². The molecule has 0 amide bonds. The van der Waals surface area contributed by atoms with E-state index in [0.29, 0.717) is 0 Å². The zero-order chi connectivity index (χ0) is 13.5. The maximum Gasteiger partial charge on any atom is 0.153 e. The van der Waals surface area contributed by atoms with Gasteiger partial charge in [0.15, 0.2) is 5.58 Å². The molecule has 3 nitrogen and oxygen atoms in total. The molecule has 0 saturated carbocycles. The molecule has 0 atom stereocenters. The Morgan fingerprint density at radius 3 is 2.75 bits per heavy atom. The average molecular weight is 260 g/mol. The first-order valence-electron chi connectivity index (χ1n) is 6.53. The van der Waals surface area contributed by atoms with E-state index in [4.69, 9.17) is 4.42 Å². The Labute approximate surface area is 115 Å². The van der Waals surface area contributed by atoms with Crippen molar-refractivity contribution >= 4 is 22.1 Å². The number of fused-ring (bicyclic) bond motifs is 3. The zero-order valence-electron chi connectivity index (χ0n) is 11.0. The summed E-state index contributed by atoms with van der Waals surface area (Å²) in [5, 5.41) is 1.03. The summed E-state index contributed by atoms with van der Waals surface area (Å²) < 4.78 is 5.99. The molecule has 4 rings (SSSR count). The lowest BCUT2D eigenvalue weighted by Crippen LogP contribution is -1.82. The minimum Gasteiger partial charge on any atom is -0.454 e. The number of hydrogen-bond donors (Lipinski definition) is 0. The van der Waals surface area contributed by atoms with Gasteiger partial charge in [-0.2, -0.15) is 0 Å². The molecule has 0 aliphatic heterocycles. The summed E-state index contributed by atoms with van der Waals surface area (Å²) in [6.07, 6.45) is 1.79. The Morgan fingerprint density at radius 1 is 0.950 bits per heavy atom. The molecule has 3 aromatic heterocycles. The van der Waals surface area contributed by atoms with E-state index >= 15 is 0 Å². The number of para-hydroxylation sites is 1. The third kappa shape index (κ3) is 1.60. The van der Waals surface area contributed by atoms with Gasteiger partial charge in [-0.15, -0.1) is 0 Å². The summed E-state index contributed by atoms with van der Waals surface area (Å²) in [6, 6.07) is 15.9. The van der Waals surface area contributed by atoms with Crippen molar-refractivity contribution in [3.05, 3.63) is 60.4 Å². The molecular formula is C17H12N2O. The van der Waals surface area contributed by atoms with Crippen molar-refractivity contribution in [2.45, 2.75) is 6.92 Å². The molecular weight excluding hydrogens is 248 g/mol. The number of hydrogen-bond acceptors (Lipinski definition) is 3. The lowest BCUT2D eigenvalue weighted by Gasteiger charge is -2.00. The fraction of sp³-hybridized carbons (Fsp3) is 0.0588. The highest BCUT2D eigenvalue weighted by atomic mass is 16.3. The summed E-state index contributed by atoms with van der Waals surface area (Å²) in [7, 11) is 0. The number of rotatable bonds is 1. The summed E-state index contributed by atoms with van der Waals surface area (Å²) in [5.41, 5.74) is 5.47. The zero-order valence-corrected chi connectivity index (χ0v) is 11.0.